The molecule has 8 nitrogen and oxygen atoms in total. The lowest BCUT2D eigenvalue weighted by Crippen LogP contribution is -2.38. The predicted octanol–water partition coefficient (Wildman–Crippen LogP) is 2.29. The van der Waals surface area contributed by atoms with E-state index in [1.54, 1.807) is 42.5 Å². The number of nitrogens with zero attached hydrogens (tertiary/aromatic N) is 2. The summed E-state index contributed by atoms with van der Waals surface area (Å²) in [6, 6.07) is 15.1. The van der Waals surface area contributed by atoms with Gasteiger partial charge >= 0.3 is 0 Å². The molecule has 1 atom stereocenters. The van der Waals surface area contributed by atoms with Crippen LogP contribution in [0.25, 0.3) is 10.9 Å². The van der Waals surface area contributed by atoms with E-state index in [2.05, 4.69) is 9.97 Å². The number of fused-ring (bicyclic) bond motifs is 1. The van der Waals surface area contributed by atoms with E-state index in [1.165, 1.54) is 17.0 Å². The van der Waals surface area contributed by atoms with E-state index in [0.717, 1.165) is 12.8 Å². The molecule has 2 aromatic carbocycles. The van der Waals surface area contributed by atoms with Gasteiger partial charge in [0.1, 0.15) is 5.82 Å². The summed E-state index contributed by atoms with van der Waals surface area (Å²) < 4.78 is 30.9. The van der Waals surface area contributed by atoms with Crippen LogP contribution in [0.5, 0.6) is 0 Å². The normalized spacial score (nSPS) is 16.3. The van der Waals surface area contributed by atoms with E-state index in [-0.39, 0.29) is 41.2 Å². The number of sulfone groups is 1. The Morgan fingerprint density at radius 3 is 2.62 bits per heavy atom. The van der Waals surface area contributed by atoms with Crippen LogP contribution in [-0.4, -0.2) is 54.2 Å². The lowest BCUT2D eigenvalue weighted by atomic mass is 10.2. The maximum atomic E-state index is 13.0. The Morgan fingerprint density at radius 2 is 1.88 bits per heavy atom. The van der Waals surface area contributed by atoms with Crippen molar-refractivity contribution in [3.63, 3.8) is 0 Å². The van der Waals surface area contributed by atoms with Crippen LogP contribution in [0.2, 0.25) is 0 Å². The van der Waals surface area contributed by atoms with Gasteiger partial charge in [0, 0.05) is 19.6 Å². The van der Waals surface area contributed by atoms with Gasteiger partial charge < -0.3 is 14.6 Å². The van der Waals surface area contributed by atoms with Crippen molar-refractivity contribution in [1.29, 1.82) is 0 Å². The first-order valence-corrected chi connectivity index (χ1v) is 12.2. The molecule has 9 heteroatoms. The molecule has 1 aliphatic heterocycles. The summed E-state index contributed by atoms with van der Waals surface area (Å²) in [6.45, 7) is 1.03. The molecule has 32 heavy (non-hydrogen) atoms. The Morgan fingerprint density at radius 1 is 1.12 bits per heavy atom. The first-order chi connectivity index (χ1) is 15.4. The first kappa shape index (κ1) is 22.2. The van der Waals surface area contributed by atoms with Gasteiger partial charge in [-0.3, -0.25) is 9.59 Å². The molecule has 4 rings (SSSR count). The van der Waals surface area contributed by atoms with E-state index in [1.807, 2.05) is 0 Å². The molecule has 1 saturated heterocycles. The Bertz CT molecular complexity index is 1250. The third kappa shape index (κ3) is 5.23. The first-order valence-electron chi connectivity index (χ1n) is 10.6. The van der Waals surface area contributed by atoms with Gasteiger partial charge in [0.25, 0.3) is 5.56 Å². The average molecular weight is 456 g/mol. The van der Waals surface area contributed by atoms with Crippen LogP contribution in [0, 0.1) is 0 Å². The molecule has 0 bridgehead atoms. The standard InChI is InChI=1S/C23H25N3O5S/c27-22(12-14-32(29,30)18-8-2-1-3-9-18)26(15-17-7-6-13-31-17)16-21-24-20-11-5-4-10-19(20)23(28)25-21/h1-5,8-11,17H,6-7,12-16H2,(H,24,25,28). The van der Waals surface area contributed by atoms with Crippen LogP contribution < -0.4 is 5.56 Å². The largest absolute Gasteiger partial charge is 0.376 e. The minimum atomic E-state index is -3.58. The molecule has 1 unspecified atom stereocenters. The number of hydrogen-bond donors (Lipinski definition) is 1. The second-order valence-electron chi connectivity index (χ2n) is 7.82. The number of aromatic amines is 1. The maximum absolute atomic E-state index is 13.0. The highest BCUT2D eigenvalue weighted by molar-refractivity contribution is 7.91. The van der Waals surface area contributed by atoms with Gasteiger partial charge in [-0.1, -0.05) is 30.3 Å². The summed E-state index contributed by atoms with van der Waals surface area (Å²) in [4.78, 5) is 34.4. The molecular weight excluding hydrogens is 430 g/mol. The fourth-order valence-electron chi connectivity index (χ4n) is 3.80. The third-order valence-corrected chi connectivity index (χ3v) is 7.22. The number of nitrogens with one attached hydrogen (secondary N) is 1. The lowest BCUT2D eigenvalue weighted by Gasteiger charge is -2.25. The number of hydrogen-bond acceptors (Lipinski definition) is 6. The van der Waals surface area contributed by atoms with Crippen molar-refractivity contribution in [2.45, 2.75) is 36.8 Å². The molecule has 1 aliphatic rings. The highest BCUT2D eigenvalue weighted by Crippen LogP contribution is 2.17. The summed E-state index contributed by atoms with van der Waals surface area (Å²) in [7, 11) is -3.58. The van der Waals surface area contributed by atoms with E-state index in [4.69, 9.17) is 4.74 Å². The average Bonchev–Trinajstić information content (AvgIpc) is 3.31. The van der Waals surface area contributed by atoms with Crippen LogP contribution in [0.4, 0.5) is 0 Å². The Hall–Kier alpha value is -3.04. The summed E-state index contributed by atoms with van der Waals surface area (Å²) in [6.07, 6.45) is 1.47. The van der Waals surface area contributed by atoms with Crippen LogP contribution in [-0.2, 0) is 25.9 Å². The highest BCUT2D eigenvalue weighted by atomic mass is 32.2. The third-order valence-electron chi connectivity index (χ3n) is 5.49. The van der Waals surface area contributed by atoms with Crippen molar-refractivity contribution in [3.8, 4) is 0 Å². The van der Waals surface area contributed by atoms with Gasteiger partial charge in [0.15, 0.2) is 9.84 Å². The molecule has 168 valence electrons. The zero-order valence-corrected chi connectivity index (χ0v) is 18.4. The number of carbonyl (C=O) groups excluding carboxylic acids is 1. The topological polar surface area (TPSA) is 109 Å². The zero-order chi connectivity index (χ0) is 22.6. The Balaban J connectivity index is 1.52. The summed E-state index contributed by atoms with van der Waals surface area (Å²) in [5.74, 6) is -0.263. The number of carbonyl (C=O) groups is 1. The summed E-state index contributed by atoms with van der Waals surface area (Å²) in [5, 5.41) is 0.474. The number of aromatic nitrogens is 2. The molecule has 1 aromatic heterocycles. The molecular formula is C23H25N3O5S. The molecule has 0 radical (unpaired) electrons. The van der Waals surface area contributed by atoms with Gasteiger partial charge in [0.2, 0.25) is 5.91 Å². The minimum absolute atomic E-state index is 0.0736. The predicted molar refractivity (Wildman–Crippen MR) is 120 cm³/mol. The van der Waals surface area contributed by atoms with Gasteiger partial charge in [-0.2, -0.15) is 0 Å². The lowest BCUT2D eigenvalue weighted by molar-refractivity contribution is -0.133. The van der Waals surface area contributed by atoms with Gasteiger partial charge in [-0.05, 0) is 37.1 Å². The van der Waals surface area contributed by atoms with Crippen molar-refractivity contribution >= 4 is 26.6 Å². The van der Waals surface area contributed by atoms with Crippen molar-refractivity contribution in [1.82, 2.24) is 14.9 Å². The number of rotatable bonds is 8. The molecule has 1 N–H and O–H groups in total. The fourth-order valence-corrected chi connectivity index (χ4v) is 5.06. The molecule has 3 aromatic rings. The van der Waals surface area contributed by atoms with Crippen molar-refractivity contribution < 1.29 is 17.9 Å². The van der Waals surface area contributed by atoms with Gasteiger partial charge in [0.05, 0.1) is 34.2 Å². The van der Waals surface area contributed by atoms with Crippen LogP contribution >= 0.6 is 0 Å². The monoisotopic (exact) mass is 455 g/mol. The molecule has 0 aliphatic carbocycles. The molecule has 0 spiro atoms. The fraction of sp³-hybridized carbons (Fsp3) is 0.348. The van der Waals surface area contributed by atoms with Crippen LogP contribution in [0.15, 0.2) is 64.3 Å². The Labute approximate surface area is 186 Å². The van der Waals surface area contributed by atoms with Gasteiger partial charge in [-0.15, -0.1) is 0 Å². The van der Waals surface area contributed by atoms with E-state index in [9.17, 15) is 18.0 Å². The van der Waals surface area contributed by atoms with E-state index < -0.39 is 9.84 Å². The second-order valence-corrected chi connectivity index (χ2v) is 9.93. The molecule has 0 saturated carbocycles. The highest BCUT2D eigenvalue weighted by Gasteiger charge is 2.25. The number of H-pyrrole nitrogens is 1. The summed E-state index contributed by atoms with van der Waals surface area (Å²) in [5.41, 5.74) is 0.268. The second kappa shape index (κ2) is 9.62. The maximum Gasteiger partial charge on any atom is 0.258 e. The molecule has 1 amide bonds. The Kier molecular flexibility index (Phi) is 6.66. The molecule has 2 heterocycles. The smallest absolute Gasteiger partial charge is 0.258 e. The number of benzene rings is 2. The van der Waals surface area contributed by atoms with Crippen molar-refractivity contribution in [3.05, 3.63) is 70.8 Å². The van der Waals surface area contributed by atoms with E-state index >= 15 is 0 Å². The molecule has 1 fully saturated rings. The zero-order valence-electron chi connectivity index (χ0n) is 17.6. The number of ether oxygens (including phenoxy) is 1. The van der Waals surface area contributed by atoms with E-state index in [0.29, 0.717) is 29.9 Å². The quantitative estimate of drug-likeness (QED) is 0.558. The van der Waals surface area contributed by atoms with Gasteiger partial charge in [-0.25, -0.2) is 13.4 Å². The minimum Gasteiger partial charge on any atom is -0.376 e. The van der Waals surface area contributed by atoms with Crippen molar-refractivity contribution in [2.75, 3.05) is 18.9 Å². The number of para-hydroxylation sites is 1. The van der Waals surface area contributed by atoms with Crippen molar-refractivity contribution in [2.24, 2.45) is 0 Å². The number of amides is 1. The van der Waals surface area contributed by atoms with Crippen LogP contribution in [0.1, 0.15) is 25.1 Å². The SMILES string of the molecule is O=C(CCS(=O)(=O)c1ccccc1)N(Cc1nc2ccccc2c(=O)[nH]1)CC1CCCO1. The summed E-state index contributed by atoms with van der Waals surface area (Å²) >= 11 is 0. The van der Waals surface area contributed by atoms with Crippen LogP contribution in [0.3, 0.4) is 0 Å².